The molecular weight excluding hydrogens is 194 g/mol. The topological polar surface area (TPSA) is 12.4 Å². The molecule has 0 bridgehead atoms. The van der Waals surface area contributed by atoms with E-state index in [0.717, 1.165) is 17.8 Å². The second-order valence-electron chi connectivity index (χ2n) is 4.59. The average molecular weight is 219 g/mol. The maximum Gasteiger partial charge on any atom is 0.0600 e. The Kier molecular flexibility index (Phi) is 6.71. The summed E-state index contributed by atoms with van der Waals surface area (Å²) in [5.41, 5.74) is 4.77. The molecule has 0 saturated carbocycles. The maximum atomic E-state index is 4.55. The summed E-state index contributed by atoms with van der Waals surface area (Å²) in [5, 5.41) is 0. The first-order valence-electron chi connectivity index (χ1n) is 5.88. The van der Waals surface area contributed by atoms with E-state index in [-0.39, 0.29) is 0 Å². The normalized spacial score (nSPS) is 14.6. The van der Waals surface area contributed by atoms with E-state index in [0.29, 0.717) is 5.92 Å². The van der Waals surface area contributed by atoms with E-state index in [4.69, 9.17) is 0 Å². The van der Waals surface area contributed by atoms with Crippen LogP contribution in [-0.2, 0) is 0 Å². The van der Waals surface area contributed by atoms with Crippen molar-refractivity contribution in [2.24, 2.45) is 10.9 Å². The molecule has 0 rings (SSSR count). The molecule has 0 fully saturated rings. The maximum absolute atomic E-state index is 4.55. The quantitative estimate of drug-likeness (QED) is 0.365. The molecule has 0 aliphatic rings. The minimum absolute atomic E-state index is 0.500. The van der Waals surface area contributed by atoms with Crippen molar-refractivity contribution < 1.29 is 0 Å². The Morgan fingerprint density at radius 2 is 1.81 bits per heavy atom. The lowest BCUT2D eigenvalue weighted by Gasteiger charge is -2.07. The first-order chi connectivity index (χ1) is 7.38. The van der Waals surface area contributed by atoms with Gasteiger partial charge >= 0.3 is 0 Å². The molecule has 0 saturated heterocycles. The molecule has 0 aliphatic heterocycles. The Morgan fingerprint density at radius 1 is 1.25 bits per heavy atom. The van der Waals surface area contributed by atoms with Crippen LogP contribution in [0.25, 0.3) is 0 Å². The van der Waals surface area contributed by atoms with Crippen molar-refractivity contribution in [3.63, 3.8) is 0 Å². The van der Waals surface area contributed by atoms with Crippen LogP contribution in [0.2, 0.25) is 0 Å². The zero-order chi connectivity index (χ0) is 12.7. The molecule has 0 N–H and O–H groups in total. The van der Waals surface area contributed by atoms with Gasteiger partial charge in [-0.15, -0.1) is 0 Å². The molecule has 90 valence electrons. The van der Waals surface area contributed by atoms with Crippen molar-refractivity contribution in [2.45, 2.75) is 41.5 Å². The summed E-state index contributed by atoms with van der Waals surface area (Å²) in [7, 11) is 0. The SMILES string of the molecule is C=C(/C=C(\C)C(C)=NC/C(C)=C/C)C(C)C. The first kappa shape index (κ1) is 14.9. The Hall–Kier alpha value is -1.11. The molecule has 0 aliphatic carbocycles. The fraction of sp³-hybridized carbons (Fsp3) is 0.533. The summed E-state index contributed by atoms with van der Waals surface area (Å²) in [5.74, 6) is 0.500. The van der Waals surface area contributed by atoms with E-state index in [1.807, 2.05) is 6.92 Å². The smallest absolute Gasteiger partial charge is 0.0600 e. The largest absolute Gasteiger partial charge is 0.285 e. The van der Waals surface area contributed by atoms with Gasteiger partial charge in [-0.1, -0.05) is 43.7 Å². The van der Waals surface area contributed by atoms with Crippen molar-refractivity contribution >= 4 is 5.71 Å². The predicted octanol–water partition coefficient (Wildman–Crippen LogP) is 4.57. The highest BCUT2D eigenvalue weighted by atomic mass is 14.7. The number of hydrogen-bond donors (Lipinski definition) is 0. The minimum atomic E-state index is 0.500. The van der Waals surface area contributed by atoms with Crippen molar-refractivity contribution in [1.29, 1.82) is 0 Å². The number of nitrogens with zero attached hydrogens (tertiary/aromatic N) is 1. The standard InChI is InChI=1S/C15H25N/c1-8-12(4)10-16-15(7)14(6)9-13(5)11(2)3/h8-9,11H,5,10H2,1-4,6-7H3/b12-8+,14-9+,16-15?. The van der Waals surface area contributed by atoms with Crippen LogP contribution < -0.4 is 0 Å². The van der Waals surface area contributed by atoms with Crippen LogP contribution in [0.4, 0.5) is 0 Å². The third-order valence-electron chi connectivity index (χ3n) is 2.77. The summed E-state index contributed by atoms with van der Waals surface area (Å²) in [6.45, 7) is 17.4. The van der Waals surface area contributed by atoms with Gasteiger partial charge in [-0.3, -0.25) is 4.99 Å². The summed E-state index contributed by atoms with van der Waals surface area (Å²) in [4.78, 5) is 4.55. The zero-order valence-corrected chi connectivity index (χ0v) is 11.6. The second-order valence-corrected chi connectivity index (χ2v) is 4.59. The predicted molar refractivity (Wildman–Crippen MR) is 75.1 cm³/mol. The minimum Gasteiger partial charge on any atom is -0.285 e. The van der Waals surface area contributed by atoms with Crippen molar-refractivity contribution in [3.8, 4) is 0 Å². The van der Waals surface area contributed by atoms with E-state index in [9.17, 15) is 0 Å². The van der Waals surface area contributed by atoms with Crippen molar-refractivity contribution in [2.75, 3.05) is 6.54 Å². The fourth-order valence-electron chi connectivity index (χ4n) is 1.01. The third-order valence-corrected chi connectivity index (χ3v) is 2.77. The Morgan fingerprint density at radius 3 is 2.25 bits per heavy atom. The van der Waals surface area contributed by atoms with Crippen LogP contribution in [0.15, 0.2) is 40.4 Å². The van der Waals surface area contributed by atoms with Gasteiger partial charge in [0.15, 0.2) is 0 Å². The van der Waals surface area contributed by atoms with Gasteiger partial charge in [-0.2, -0.15) is 0 Å². The summed E-state index contributed by atoms with van der Waals surface area (Å²) < 4.78 is 0. The van der Waals surface area contributed by atoms with Gasteiger partial charge in [0.1, 0.15) is 0 Å². The van der Waals surface area contributed by atoms with E-state index >= 15 is 0 Å². The monoisotopic (exact) mass is 219 g/mol. The molecule has 16 heavy (non-hydrogen) atoms. The molecular formula is C15H25N. The third kappa shape index (κ3) is 5.69. The Balaban J connectivity index is 4.60. The van der Waals surface area contributed by atoms with Crippen molar-refractivity contribution in [1.82, 2.24) is 0 Å². The van der Waals surface area contributed by atoms with Crippen LogP contribution >= 0.6 is 0 Å². The molecule has 1 nitrogen and oxygen atoms in total. The molecule has 0 atom stereocenters. The summed E-state index contributed by atoms with van der Waals surface area (Å²) >= 11 is 0. The number of rotatable bonds is 5. The lowest BCUT2D eigenvalue weighted by molar-refractivity contribution is 0.794. The Labute approximate surface area is 101 Å². The van der Waals surface area contributed by atoms with E-state index in [1.165, 1.54) is 11.1 Å². The lowest BCUT2D eigenvalue weighted by atomic mass is 10.0. The van der Waals surface area contributed by atoms with Gasteiger partial charge in [0.05, 0.1) is 6.54 Å². The van der Waals surface area contributed by atoms with Crippen LogP contribution in [0, 0.1) is 5.92 Å². The molecule has 0 heterocycles. The molecule has 1 heteroatoms. The van der Waals surface area contributed by atoms with E-state index in [2.05, 4.69) is 58.3 Å². The zero-order valence-electron chi connectivity index (χ0n) is 11.6. The van der Waals surface area contributed by atoms with Gasteiger partial charge in [0.2, 0.25) is 0 Å². The average Bonchev–Trinajstić information content (AvgIpc) is 2.24. The van der Waals surface area contributed by atoms with Crippen LogP contribution in [0.5, 0.6) is 0 Å². The van der Waals surface area contributed by atoms with Gasteiger partial charge in [0.25, 0.3) is 0 Å². The number of hydrogen-bond acceptors (Lipinski definition) is 1. The molecule has 0 aromatic heterocycles. The van der Waals surface area contributed by atoms with Crippen LogP contribution in [-0.4, -0.2) is 12.3 Å². The highest BCUT2D eigenvalue weighted by Gasteiger charge is 1.99. The van der Waals surface area contributed by atoms with Gasteiger partial charge in [0, 0.05) is 5.71 Å². The molecule has 0 amide bonds. The fourth-order valence-corrected chi connectivity index (χ4v) is 1.01. The van der Waals surface area contributed by atoms with E-state index in [1.54, 1.807) is 0 Å². The van der Waals surface area contributed by atoms with Gasteiger partial charge in [-0.05, 0) is 39.2 Å². The Bertz CT molecular complexity index is 327. The van der Waals surface area contributed by atoms with Crippen LogP contribution in [0.3, 0.4) is 0 Å². The molecule has 0 aromatic carbocycles. The summed E-state index contributed by atoms with van der Waals surface area (Å²) in [6, 6.07) is 0. The van der Waals surface area contributed by atoms with Gasteiger partial charge in [-0.25, -0.2) is 0 Å². The molecule has 0 unspecified atom stereocenters. The summed E-state index contributed by atoms with van der Waals surface area (Å²) in [6.07, 6.45) is 4.23. The highest BCUT2D eigenvalue weighted by molar-refractivity contribution is 5.98. The number of allylic oxidation sites excluding steroid dienone is 4. The van der Waals surface area contributed by atoms with E-state index < -0.39 is 0 Å². The van der Waals surface area contributed by atoms with Gasteiger partial charge < -0.3 is 0 Å². The lowest BCUT2D eigenvalue weighted by Crippen LogP contribution is -1.98. The molecule has 0 aromatic rings. The second kappa shape index (κ2) is 7.21. The molecule has 0 spiro atoms. The van der Waals surface area contributed by atoms with Crippen LogP contribution in [0.1, 0.15) is 41.5 Å². The first-order valence-corrected chi connectivity index (χ1v) is 5.88. The molecule has 0 radical (unpaired) electrons. The van der Waals surface area contributed by atoms with Crippen molar-refractivity contribution in [3.05, 3.63) is 35.5 Å². The highest BCUT2D eigenvalue weighted by Crippen LogP contribution is 2.11. The number of aliphatic imine (C=N–C) groups is 1.